The van der Waals surface area contributed by atoms with Crippen LogP contribution >= 0.6 is 0 Å². The largest absolute Gasteiger partial charge is 0.393 e. The third kappa shape index (κ3) is 5.23. The third-order valence-corrected chi connectivity index (χ3v) is 8.53. The molecule has 5 rings (SSSR count). The van der Waals surface area contributed by atoms with Gasteiger partial charge in [-0.15, -0.1) is 0 Å². The third-order valence-electron chi connectivity index (χ3n) is 6.73. The topological polar surface area (TPSA) is 125 Å². The lowest BCUT2D eigenvalue weighted by molar-refractivity contribution is 0.126. The van der Waals surface area contributed by atoms with Crippen molar-refractivity contribution in [1.82, 2.24) is 19.5 Å². The van der Waals surface area contributed by atoms with Crippen molar-refractivity contribution < 1.29 is 13.5 Å². The Balaban J connectivity index is 1.40. The first-order valence-corrected chi connectivity index (χ1v) is 13.9. The van der Waals surface area contributed by atoms with Crippen molar-refractivity contribution in [3.63, 3.8) is 0 Å². The molecule has 0 spiro atoms. The van der Waals surface area contributed by atoms with Crippen LogP contribution in [0.15, 0.2) is 65.8 Å². The number of aliphatic hydroxyl groups is 1. The highest BCUT2D eigenvalue weighted by Crippen LogP contribution is 2.28. The van der Waals surface area contributed by atoms with E-state index in [1.807, 2.05) is 17.6 Å². The highest BCUT2D eigenvalue weighted by Gasteiger charge is 2.23. The Morgan fingerprint density at radius 2 is 1.73 bits per heavy atom. The van der Waals surface area contributed by atoms with Crippen molar-refractivity contribution in [3.8, 4) is 0 Å². The molecule has 4 aromatic rings. The van der Waals surface area contributed by atoms with Crippen LogP contribution in [0.5, 0.6) is 0 Å². The van der Waals surface area contributed by atoms with E-state index in [0.29, 0.717) is 40.8 Å². The van der Waals surface area contributed by atoms with Gasteiger partial charge in [-0.25, -0.2) is 13.4 Å². The number of rotatable bonds is 8. The van der Waals surface area contributed by atoms with E-state index in [4.69, 9.17) is 9.97 Å². The van der Waals surface area contributed by atoms with Crippen molar-refractivity contribution >= 4 is 44.3 Å². The van der Waals surface area contributed by atoms with E-state index in [-0.39, 0.29) is 17.0 Å². The summed E-state index contributed by atoms with van der Waals surface area (Å²) < 4.78 is 29.4. The predicted molar refractivity (Wildman–Crippen MR) is 145 cm³/mol. The number of aliphatic hydroxyl groups excluding tert-OH is 1. The molecule has 3 N–H and O–H groups in total. The molecule has 0 bridgehead atoms. The molecule has 0 saturated heterocycles. The molecular weight excluding hydrogens is 490 g/mol. The normalized spacial score (nSPS) is 18.0. The maximum absolute atomic E-state index is 13.1. The lowest BCUT2D eigenvalue weighted by atomic mass is 9.93. The summed E-state index contributed by atoms with van der Waals surface area (Å²) in [5.74, 6) is 1.03. The van der Waals surface area contributed by atoms with Gasteiger partial charge in [0.25, 0.3) is 10.0 Å². The van der Waals surface area contributed by atoms with Gasteiger partial charge in [0, 0.05) is 25.3 Å². The van der Waals surface area contributed by atoms with Crippen LogP contribution in [-0.4, -0.2) is 52.2 Å². The fourth-order valence-electron chi connectivity index (χ4n) is 4.51. The average Bonchev–Trinajstić information content (AvgIpc) is 3.34. The fourth-order valence-corrected chi connectivity index (χ4v) is 5.71. The second kappa shape index (κ2) is 10.3. The highest BCUT2D eigenvalue weighted by molar-refractivity contribution is 7.92. The Morgan fingerprint density at radius 3 is 2.41 bits per heavy atom. The molecule has 0 unspecified atom stereocenters. The minimum absolute atomic E-state index is 0.189. The van der Waals surface area contributed by atoms with E-state index in [2.05, 4.69) is 15.6 Å². The van der Waals surface area contributed by atoms with Gasteiger partial charge in [0.2, 0.25) is 5.95 Å². The zero-order chi connectivity index (χ0) is 26.0. The summed E-state index contributed by atoms with van der Waals surface area (Å²) in [7, 11) is -2.17. The Bertz CT molecular complexity index is 1470. The Hall–Kier alpha value is -3.70. The van der Waals surface area contributed by atoms with E-state index in [0.717, 1.165) is 25.7 Å². The van der Waals surface area contributed by atoms with Crippen molar-refractivity contribution in [2.24, 2.45) is 0 Å². The second-order valence-corrected chi connectivity index (χ2v) is 11.2. The highest BCUT2D eigenvalue weighted by atomic mass is 32.2. The first-order chi connectivity index (χ1) is 17.8. The van der Waals surface area contributed by atoms with Crippen LogP contribution in [0, 0.1) is 0 Å². The van der Waals surface area contributed by atoms with Gasteiger partial charge in [-0.1, -0.05) is 18.2 Å². The molecule has 10 nitrogen and oxygen atoms in total. The van der Waals surface area contributed by atoms with Crippen LogP contribution in [0.2, 0.25) is 0 Å². The molecule has 11 heteroatoms. The molecule has 2 heterocycles. The number of anilines is 4. The zero-order valence-corrected chi connectivity index (χ0v) is 21.7. The van der Waals surface area contributed by atoms with Gasteiger partial charge in [0.15, 0.2) is 17.0 Å². The first kappa shape index (κ1) is 25.0. The fraction of sp³-hybridized carbons (Fsp3) is 0.346. The number of benzene rings is 2. The minimum Gasteiger partial charge on any atom is -0.393 e. The Labute approximate surface area is 216 Å². The maximum Gasteiger partial charge on any atom is 0.264 e. The smallest absolute Gasteiger partial charge is 0.264 e. The monoisotopic (exact) mass is 521 g/mol. The number of aromatic nitrogens is 4. The van der Waals surface area contributed by atoms with Crippen molar-refractivity contribution in [3.05, 3.63) is 60.9 Å². The summed E-state index contributed by atoms with van der Waals surface area (Å²) >= 11 is 0. The summed E-state index contributed by atoms with van der Waals surface area (Å²) in [4.78, 5) is 14.1. The van der Waals surface area contributed by atoms with Gasteiger partial charge in [-0.2, -0.15) is 9.97 Å². The molecule has 37 heavy (non-hydrogen) atoms. The summed E-state index contributed by atoms with van der Waals surface area (Å²) in [6.45, 7) is 2.74. The molecule has 1 fully saturated rings. The lowest BCUT2D eigenvalue weighted by Gasteiger charge is -2.26. The van der Waals surface area contributed by atoms with E-state index >= 15 is 0 Å². The summed E-state index contributed by atoms with van der Waals surface area (Å²) in [6.07, 6.45) is 4.72. The summed E-state index contributed by atoms with van der Waals surface area (Å²) in [5, 5.41) is 16.5. The van der Waals surface area contributed by atoms with Crippen LogP contribution in [0.3, 0.4) is 0 Å². The van der Waals surface area contributed by atoms with E-state index in [1.54, 1.807) is 61.9 Å². The molecule has 0 amide bonds. The van der Waals surface area contributed by atoms with Crippen LogP contribution < -0.4 is 14.9 Å². The number of aryl methyl sites for hydroxylation is 1. The minimum atomic E-state index is -3.71. The molecule has 1 aliphatic rings. The molecule has 1 saturated carbocycles. The van der Waals surface area contributed by atoms with E-state index in [9.17, 15) is 13.5 Å². The number of para-hydroxylation sites is 1. The number of imidazole rings is 1. The molecular formula is C26H31N7O3S. The lowest BCUT2D eigenvalue weighted by Crippen LogP contribution is -2.29. The Morgan fingerprint density at radius 1 is 1.03 bits per heavy atom. The van der Waals surface area contributed by atoms with Gasteiger partial charge in [0.05, 0.1) is 23.0 Å². The van der Waals surface area contributed by atoms with Gasteiger partial charge in [-0.05, 0) is 69.0 Å². The first-order valence-electron chi connectivity index (χ1n) is 12.4. The van der Waals surface area contributed by atoms with Crippen LogP contribution in [0.4, 0.5) is 23.1 Å². The predicted octanol–water partition coefficient (Wildman–Crippen LogP) is 4.13. The molecule has 194 valence electrons. The average molecular weight is 522 g/mol. The molecule has 2 aromatic carbocycles. The number of hydrogen-bond acceptors (Lipinski definition) is 8. The molecule has 0 atom stereocenters. The number of hydrogen-bond donors (Lipinski definition) is 3. The summed E-state index contributed by atoms with van der Waals surface area (Å²) in [6, 6.07) is 15.7. The van der Waals surface area contributed by atoms with Crippen molar-refractivity contribution in [2.75, 3.05) is 22.0 Å². The van der Waals surface area contributed by atoms with E-state index in [1.165, 1.54) is 4.31 Å². The quantitative estimate of drug-likeness (QED) is 0.316. The molecule has 2 aromatic heterocycles. The van der Waals surface area contributed by atoms with Crippen LogP contribution in [-0.2, 0) is 16.6 Å². The SMILES string of the molecule is CCn1cnc2c(Nc3ccc(S(=O)(=O)N(C)c4ccccc4)cc3)nc(NC3CCC(O)CC3)nc21. The standard InChI is InChI=1S/C26H31N7O3S/c1-3-33-17-27-23-24(30-26(31-25(23)33)29-19-9-13-21(34)14-10-19)28-18-11-15-22(16-12-18)37(35,36)32(2)20-7-5-4-6-8-20/h4-8,11-12,15-17,19,21,34H,3,9-10,13-14H2,1-2H3,(H2,28,29,30,31). The van der Waals surface area contributed by atoms with Gasteiger partial charge < -0.3 is 20.3 Å². The van der Waals surface area contributed by atoms with E-state index < -0.39 is 10.0 Å². The van der Waals surface area contributed by atoms with Crippen LogP contribution in [0.1, 0.15) is 32.6 Å². The zero-order valence-electron chi connectivity index (χ0n) is 20.9. The molecule has 1 aliphatic carbocycles. The second-order valence-electron chi connectivity index (χ2n) is 9.21. The van der Waals surface area contributed by atoms with Crippen LogP contribution in [0.25, 0.3) is 11.2 Å². The van der Waals surface area contributed by atoms with Gasteiger partial charge >= 0.3 is 0 Å². The van der Waals surface area contributed by atoms with Gasteiger partial charge in [0.1, 0.15) is 0 Å². The number of nitrogens with zero attached hydrogens (tertiary/aromatic N) is 5. The number of sulfonamides is 1. The number of fused-ring (bicyclic) bond motifs is 1. The Kier molecular flexibility index (Phi) is 6.98. The van der Waals surface area contributed by atoms with Crippen molar-refractivity contribution in [2.45, 2.75) is 56.2 Å². The van der Waals surface area contributed by atoms with Gasteiger partial charge in [-0.3, -0.25) is 4.31 Å². The number of nitrogens with one attached hydrogen (secondary N) is 2. The molecule has 0 radical (unpaired) electrons. The van der Waals surface area contributed by atoms with Crippen molar-refractivity contribution in [1.29, 1.82) is 0 Å². The maximum atomic E-state index is 13.1. The summed E-state index contributed by atoms with van der Waals surface area (Å²) in [5.41, 5.74) is 2.61. The molecule has 0 aliphatic heterocycles.